The van der Waals surface area contributed by atoms with Crippen LogP contribution in [0.25, 0.3) is 0 Å². The van der Waals surface area contributed by atoms with Crippen molar-refractivity contribution in [1.82, 2.24) is 25.1 Å². The second-order valence-electron chi connectivity index (χ2n) is 10.3. The number of halogens is 3. The SMILES string of the molecule is N#Cc1ccc(N2CCN(C(=O)c3ccnc(OC[C@H]4c5ccccc5CN4c4cn[nH]c(=O)c4C(F)(F)F)c3)CC2)nc1. The zero-order chi connectivity index (χ0) is 30.8. The fourth-order valence-corrected chi connectivity index (χ4v) is 5.52. The van der Waals surface area contributed by atoms with Crippen molar-refractivity contribution in [3.8, 4) is 11.9 Å². The third kappa shape index (κ3) is 5.63. The number of rotatable bonds is 6. The first kappa shape index (κ1) is 28.7. The summed E-state index contributed by atoms with van der Waals surface area (Å²) >= 11 is 0. The number of nitrogens with one attached hydrogen (secondary N) is 1. The van der Waals surface area contributed by atoms with E-state index in [2.05, 4.69) is 15.1 Å². The van der Waals surface area contributed by atoms with E-state index in [1.54, 1.807) is 41.3 Å². The van der Waals surface area contributed by atoms with Crippen molar-refractivity contribution in [2.75, 3.05) is 42.6 Å². The van der Waals surface area contributed by atoms with Gasteiger partial charge in [-0.25, -0.2) is 15.1 Å². The van der Waals surface area contributed by atoms with Gasteiger partial charge in [0.15, 0.2) is 0 Å². The molecule has 1 saturated heterocycles. The maximum absolute atomic E-state index is 13.9. The number of carbonyl (C=O) groups is 1. The summed E-state index contributed by atoms with van der Waals surface area (Å²) in [6, 6.07) is 15.1. The number of alkyl halides is 3. The summed E-state index contributed by atoms with van der Waals surface area (Å²) in [7, 11) is 0. The highest BCUT2D eigenvalue weighted by Crippen LogP contribution is 2.42. The number of carbonyl (C=O) groups excluding carboxylic acids is 1. The van der Waals surface area contributed by atoms with Crippen LogP contribution in [0.15, 0.2) is 71.9 Å². The molecule has 224 valence electrons. The standard InChI is InChI=1S/C30H25F3N8O3/c31-30(32,33)27-23(16-37-38-28(27)42)41-17-21-3-1-2-4-22(21)24(41)18-44-26-13-20(7-8-35-26)29(43)40-11-9-39(10-12-40)25-6-5-19(14-34)15-36-25/h1-8,13,15-16,24H,9-12,17-18H2,(H,38,42)/t24-/m0/s1. The van der Waals surface area contributed by atoms with Gasteiger partial charge in [-0.3, -0.25) is 9.59 Å². The molecule has 5 heterocycles. The maximum Gasteiger partial charge on any atom is 0.423 e. The average Bonchev–Trinajstić information content (AvgIpc) is 3.41. The second-order valence-corrected chi connectivity index (χ2v) is 10.3. The van der Waals surface area contributed by atoms with Crippen molar-refractivity contribution < 1.29 is 22.7 Å². The minimum Gasteiger partial charge on any atom is -0.475 e. The minimum atomic E-state index is -4.90. The number of anilines is 2. The molecule has 3 aromatic heterocycles. The molecule has 0 aliphatic carbocycles. The summed E-state index contributed by atoms with van der Waals surface area (Å²) in [4.78, 5) is 39.3. The number of hydrogen-bond acceptors (Lipinski definition) is 9. The van der Waals surface area contributed by atoms with Gasteiger partial charge in [-0.1, -0.05) is 24.3 Å². The number of piperazine rings is 1. The van der Waals surface area contributed by atoms with Crippen molar-refractivity contribution in [1.29, 1.82) is 5.26 Å². The van der Waals surface area contributed by atoms with Crippen molar-refractivity contribution in [3.63, 3.8) is 0 Å². The van der Waals surface area contributed by atoms with E-state index in [9.17, 15) is 22.8 Å². The Morgan fingerprint density at radius 1 is 1.07 bits per heavy atom. The van der Waals surface area contributed by atoms with Gasteiger partial charge in [-0.2, -0.15) is 23.5 Å². The summed E-state index contributed by atoms with van der Waals surface area (Å²) in [6.45, 7) is 2.06. The van der Waals surface area contributed by atoms with Crippen LogP contribution < -0.4 is 20.1 Å². The molecule has 0 bridgehead atoms. The summed E-state index contributed by atoms with van der Waals surface area (Å²) in [5.41, 5.74) is -0.621. The van der Waals surface area contributed by atoms with Crippen LogP contribution >= 0.6 is 0 Å². The van der Waals surface area contributed by atoms with Gasteiger partial charge in [0.2, 0.25) is 5.88 Å². The van der Waals surface area contributed by atoms with Crippen LogP contribution in [-0.2, 0) is 12.7 Å². The van der Waals surface area contributed by atoms with Gasteiger partial charge >= 0.3 is 6.18 Å². The molecule has 1 N–H and O–H groups in total. The van der Waals surface area contributed by atoms with Gasteiger partial charge in [0.25, 0.3) is 11.5 Å². The number of hydrogen-bond donors (Lipinski definition) is 1. The summed E-state index contributed by atoms with van der Waals surface area (Å²) in [6.07, 6.45) is -0.938. The fourth-order valence-electron chi connectivity index (χ4n) is 5.52. The number of fused-ring (bicyclic) bond motifs is 1. The number of nitriles is 1. The molecular weight excluding hydrogens is 577 g/mol. The number of nitrogens with zero attached hydrogens (tertiary/aromatic N) is 7. The Bertz CT molecular complexity index is 1780. The number of benzene rings is 1. The van der Waals surface area contributed by atoms with Crippen LogP contribution in [0.1, 0.15) is 38.7 Å². The molecule has 1 atom stereocenters. The quantitative estimate of drug-likeness (QED) is 0.352. The number of aromatic nitrogens is 4. The summed E-state index contributed by atoms with van der Waals surface area (Å²) < 4.78 is 47.7. The predicted molar refractivity (Wildman–Crippen MR) is 152 cm³/mol. The Kier molecular flexibility index (Phi) is 7.60. The van der Waals surface area contributed by atoms with Gasteiger partial charge in [0.05, 0.1) is 23.5 Å². The molecule has 0 radical (unpaired) electrons. The molecule has 6 rings (SSSR count). The summed E-state index contributed by atoms with van der Waals surface area (Å²) in [5, 5.41) is 14.5. The molecule has 44 heavy (non-hydrogen) atoms. The van der Waals surface area contributed by atoms with E-state index >= 15 is 0 Å². The monoisotopic (exact) mass is 602 g/mol. The smallest absolute Gasteiger partial charge is 0.423 e. The van der Waals surface area contributed by atoms with E-state index in [1.807, 2.05) is 22.1 Å². The number of H-pyrrole nitrogens is 1. The first-order valence-electron chi connectivity index (χ1n) is 13.7. The highest BCUT2D eigenvalue weighted by Gasteiger charge is 2.42. The minimum absolute atomic E-state index is 0.0952. The van der Waals surface area contributed by atoms with E-state index in [0.717, 1.165) is 23.1 Å². The molecule has 11 nitrogen and oxygen atoms in total. The molecule has 0 saturated carbocycles. The highest BCUT2D eigenvalue weighted by molar-refractivity contribution is 5.94. The van der Waals surface area contributed by atoms with E-state index in [-0.39, 0.29) is 30.6 Å². The Hall–Kier alpha value is -5.45. The van der Waals surface area contributed by atoms with Crippen molar-refractivity contribution in [2.24, 2.45) is 0 Å². The first-order chi connectivity index (χ1) is 21.2. The van der Waals surface area contributed by atoms with E-state index in [1.165, 1.54) is 23.4 Å². The normalized spacial score (nSPS) is 16.4. The third-order valence-electron chi connectivity index (χ3n) is 7.70. The number of aromatic amines is 1. The van der Waals surface area contributed by atoms with Crippen molar-refractivity contribution in [2.45, 2.75) is 18.8 Å². The van der Waals surface area contributed by atoms with Crippen LogP contribution in [0.3, 0.4) is 0 Å². The van der Waals surface area contributed by atoms with Gasteiger partial charge in [0.1, 0.15) is 24.1 Å². The Morgan fingerprint density at radius 3 is 2.59 bits per heavy atom. The third-order valence-corrected chi connectivity index (χ3v) is 7.70. The van der Waals surface area contributed by atoms with Gasteiger partial charge in [-0.15, -0.1) is 0 Å². The van der Waals surface area contributed by atoms with Crippen molar-refractivity contribution >= 4 is 17.4 Å². The number of pyridine rings is 2. The van der Waals surface area contributed by atoms with Gasteiger partial charge in [-0.05, 0) is 29.3 Å². The molecule has 1 fully saturated rings. The molecule has 2 aliphatic rings. The summed E-state index contributed by atoms with van der Waals surface area (Å²) in [5.74, 6) is 0.666. The van der Waals surface area contributed by atoms with Gasteiger partial charge in [0, 0.05) is 56.7 Å². The molecular formula is C30H25F3N8O3. The zero-order valence-electron chi connectivity index (χ0n) is 23.2. The van der Waals surface area contributed by atoms with Crippen molar-refractivity contribution in [3.05, 3.63) is 105 Å². The number of ether oxygens (including phenoxy) is 1. The fraction of sp³-hybridized carbons (Fsp3) is 0.267. The molecule has 4 aromatic rings. The zero-order valence-corrected chi connectivity index (χ0v) is 23.2. The van der Waals surface area contributed by atoms with Crippen LogP contribution in [0, 0.1) is 11.3 Å². The Labute approximate surface area is 249 Å². The highest BCUT2D eigenvalue weighted by atomic mass is 19.4. The van der Waals surface area contributed by atoms with E-state index < -0.39 is 23.3 Å². The molecule has 1 aromatic carbocycles. The average molecular weight is 603 g/mol. The molecule has 0 unspecified atom stereocenters. The largest absolute Gasteiger partial charge is 0.475 e. The number of amides is 1. The van der Waals surface area contributed by atoms with Crippen LogP contribution in [0.2, 0.25) is 0 Å². The van der Waals surface area contributed by atoms with E-state index in [4.69, 9.17) is 10.00 Å². The lowest BCUT2D eigenvalue weighted by Gasteiger charge is -2.35. The lowest BCUT2D eigenvalue weighted by Crippen LogP contribution is -2.49. The molecule has 14 heteroatoms. The molecule has 1 amide bonds. The molecule has 2 aliphatic heterocycles. The maximum atomic E-state index is 13.9. The first-order valence-corrected chi connectivity index (χ1v) is 13.7. The van der Waals surface area contributed by atoms with Crippen LogP contribution in [0.5, 0.6) is 5.88 Å². The van der Waals surface area contributed by atoms with E-state index in [0.29, 0.717) is 37.3 Å². The Balaban J connectivity index is 1.16. The van der Waals surface area contributed by atoms with Gasteiger partial charge < -0.3 is 19.4 Å². The predicted octanol–water partition coefficient (Wildman–Crippen LogP) is 3.55. The second kappa shape index (κ2) is 11.7. The lowest BCUT2D eigenvalue weighted by atomic mass is 10.1. The molecule has 0 spiro atoms. The lowest BCUT2D eigenvalue weighted by molar-refractivity contribution is -0.138. The topological polar surface area (TPSA) is 131 Å². The van der Waals surface area contributed by atoms with Crippen LogP contribution in [-0.4, -0.2) is 63.8 Å². The van der Waals surface area contributed by atoms with Crippen LogP contribution in [0.4, 0.5) is 24.7 Å². The Morgan fingerprint density at radius 2 is 1.86 bits per heavy atom.